The van der Waals surface area contributed by atoms with E-state index in [1.807, 2.05) is 18.2 Å². The monoisotopic (exact) mass is 318 g/mol. The number of carbonyl (C=O) groups excluding carboxylic acids is 2. The minimum absolute atomic E-state index is 0.00489. The van der Waals surface area contributed by atoms with Crippen LogP contribution in [0.2, 0.25) is 0 Å². The van der Waals surface area contributed by atoms with Crippen LogP contribution in [0, 0.1) is 0 Å². The first kappa shape index (κ1) is 16.2. The molecule has 22 heavy (non-hydrogen) atoms. The van der Waals surface area contributed by atoms with E-state index in [1.165, 1.54) is 11.3 Å². The molecule has 2 rings (SSSR count). The zero-order chi connectivity index (χ0) is 16.2. The quantitative estimate of drug-likeness (QED) is 0.868. The van der Waals surface area contributed by atoms with Crippen molar-refractivity contribution in [2.75, 3.05) is 5.32 Å². The molecule has 0 aliphatic carbocycles. The Balaban J connectivity index is 1.94. The number of carbonyl (C=O) groups is 2. The number of hydrogen-bond acceptors (Lipinski definition) is 5. The number of rotatable bonds is 4. The number of ether oxygens (including phenoxy) is 1. The third-order valence-electron chi connectivity index (χ3n) is 2.60. The van der Waals surface area contributed by atoms with Gasteiger partial charge in [-0.3, -0.25) is 10.1 Å². The fourth-order valence-corrected chi connectivity index (χ4v) is 2.42. The highest BCUT2D eigenvalue weighted by molar-refractivity contribution is 7.13. The lowest BCUT2D eigenvalue weighted by atomic mass is 10.1. The van der Waals surface area contributed by atoms with Gasteiger partial charge in [0.2, 0.25) is 0 Å². The maximum absolute atomic E-state index is 12.1. The number of hydrogen-bond donors (Lipinski definition) is 1. The van der Waals surface area contributed by atoms with Crippen molar-refractivity contribution < 1.29 is 14.3 Å². The second-order valence-electron chi connectivity index (χ2n) is 5.74. The summed E-state index contributed by atoms with van der Waals surface area (Å²) in [4.78, 5) is 28.0. The number of nitrogens with zero attached hydrogens (tertiary/aromatic N) is 1. The topological polar surface area (TPSA) is 68.3 Å². The molecule has 1 heterocycles. The number of amides is 1. The normalized spacial score (nSPS) is 11.0. The SMILES string of the molecule is CC(C)(C)OC(=O)Nc1nc(CC(=O)c2ccccc2)cs1. The molecule has 0 saturated carbocycles. The molecule has 1 aromatic carbocycles. The van der Waals surface area contributed by atoms with E-state index in [0.717, 1.165) is 0 Å². The average Bonchev–Trinajstić information content (AvgIpc) is 2.84. The van der Waals surface area contributed by atoms with E-state index in [2.05, 4.69) is 10.3 Å². The van der Waals surface area contributed by atoms with Crippen LogP contribution < -0.4 is 5.32 Å². The molecule has 6 heteroatoms. The molecule has 0 fully saturated rings. The van der Waals surface area contributed by atoms with Crippen LogP contribution in [0.25, 0.3) is 0 Å². The summed E-state index contributed by atoms with van der Waals surface area (Å²) in [6.07, 6.45) is -0.348. The van der Waals surface area contributed by atoms with Gasteiger partial charge >= 0.3 is 6.09 Å². The van der Waals surface area contributed by atoms with Gasteiger partial charge in [0.1, 0.15) is 5.60 Å². The van der Waals surface area contributed by atoms with E-state index in [-0.39, 0.29) is 12.2 Å². The fraction of sp³-hybridized carbons (Fsp3) is 0.312. The average molecular weight is 318 g/mol. The molecule has 0 spiro atoms. The summed E-state index contributed by atoms with van der Waals surface area (Å²) in [6.45, 7) is 5.37. The summed E-state index contributed by atoms with van der Waals surface area (Å²) >= 11 is 1.27. The zero-order valence-corrected chi connectivity index (χ0v) is 13.6. The molecule has 1 amide bonds. The largest absolute Gasteiger partial charge is 0.444 e. The maximum atomic E-state index is 12.1. The Morgan fingerprint density at radius 3 is 2.55 bits per heavy atom. The lowest BCUT2D eigenvalue weighted by Crippen LogP contribution is -2.27. The number of aromatic nitrogens is 1. The van der Waals surface area contributed by atoms with Gasteiger partial charge in [-0.05, 0) is 20.8 Å². The highest BCUT2D eigenvalue weighted by Crippen LogP contribution is 2.18. The van der Waals surface area contributed by atoms with Gasteiger partial charge in [-0.25, -0.2) is 9.78 Å². The molecule has 1 N–H and O–H groups in total. The van der Waals surface area contributed by atoms with Gasteiger partial charge in [0.25, 0.3) is 0 Å². The van der Waals surface area contributed by atoms with E-state index in [0.29, 0.717) is 16.4 Å². The molecule has 0 radical (unpaired) electrons. The van der Waals surface area contributed by atoms with Crippen LogP contribution in [0.15, 0.2) is 35.7 Å². The number of benzene rings is 1. The third kappa shape index (κ3) is 4.96. The Morgan fingerprint density at radius 1 is 1.23 bits per heavy atom. The Hall–Kier alpha value is -2.21. The lowest BCUT2D eigenvalue weighted by Gasteiger charge is -2.18. The Kier molecular flexibility index (Phi) is 4.92. The predicted molar refractivity (Wildman–Crippen MR) is 86.4 cm³/mol. The van der Waals surface area contributed by atoms with Crippen LogP contribution in [0.4, 0.5) is 9.93 Å². The Labute approximate surface area is 133 Å². The van der Waals surface area contributed by atoms with Gasteiger partial charge in [-0.15, -0.1) is 11.3 Å². The third-order valence-corrected chi connectivity index (χ3v) is 3.40. The Morgan fingerprint density at radius 2 is 1.91 bits per heavy atom. The summed E-state index contributed by atoms with van der Waals surface area (Å²) in [5, 5.41) is 4.75. The second kappa shape index (κ2) is 6.70. The zero-order valence-electron chi connectivity index (χ0n) is 12.8. The van der Waals surface area contributed by atoms with E-state index in [4.69, 9.17) is 4.74 Å². The predicted octanol–water partition coefficient (Wildman–Crippen LogP) is 3.92. The van der Waals surface area contributed by atoms with Crippen molar-refractivity contribution in [2.24, 2.45) is 0 Å². The van der Waals surface area contributed by atoms with Crippen molar-refractivity contribution in [1.29, 1.82) is 0 Å². The number of ketones is 1. The van der Waals surface area contributed by atoms with Crippen LogP contribution in [0.1, 0.15) is 36.8 Å². The molecule has 0 atom stereocenters. The number of Topliss-reactive ketones (excluding diaryl/α,β-unsaturated/α-hetero) is 1. The van der Waals surface area contributed by atoms with Gasteiger partial charge in [-0.2, -0.15) is 0 Å². The Bertz CT molecular complexity index is 660. The molecule has 0 saturated heterocycles. The van der Waals surface area contributed by atoms with Crippen LogP contribution in [0.3, 0.4) is 0 Å². The second-order valence-corrected chi connectivity index (χ2v) is 6.59. The highest BCUT2D eigenvalue weighted by Gasteiger charge is 2.17. The molecule has 0 bridgehead atoms. The minimum Gasteiger partial charge on any atom is -0.444 e. The van der Waals surface area contributed by atoms with E-state index >= 15 is 0 Å². The summed E-state index contributed by atoms with van der Waals surface area (Å²) in [6, 6.07) is 9.05. The first-order valence-corrected chi connectivity index (χ1v) is 7.74. The summed E-state index contributed by atoms with van der Waals surface area (Å²) < 4.78 is 5.15. The maximum Gasteiger partial charge on any atom is 0.413 e. The van der Waals surface area contributed by atoms with Crippen LogP contribution in [0.5, 0.6) is 0 Å². The van der Waals surface area contributed by atoms with Gasteiger partial charge in [0, 0.05) is 10.9 Å². The molecule has 2 aromatic rings. The summed E-state index contributed by atoms with van der Waals surface area (Å²) in [5.74, 6) is -0.00489. The first-order chi connectivity index (χ1) is 10.3. The molecular formula is C16H18N2O3S. The standard InChI is InChI=1S/C16H18N2O3S/c1-16(2,3)21-15(20)18-14-17-12(10-22-14)9-13(19)11-7-5-4-6-8-11/h4-8,10H,9H2,1-3H3,(H,17,18,20). The van der Waals surface area contributed by atoms with Crippen molar-refractivity contribution in [3.63, 3.8) is 0 Å². The smallest absolute Gasteiger partial charge is 0.413 e. The van der Waals surface area contributed by atoms with Crippen molar-refractivity contribution in [2.45, 2.75) is 32.8 Å². The fourth-order valence-electron chi connectivity index (χ4n) is 1.73. The van der Waals surface area contributed by atoms with Crippen LogP contribution in [-0.4, -0.2) is 22.5 Å². The van der Waals surface area contributed by atoms with Crippen molar-refractivity contribution in [3.05, 3.63) is 47.0 Å². The van der Waals surface area contributed by atoms with E-state index in [1.54, 1.807) is 38.3 Å². The molecule has 1 aromatic heterocycles. The van der Waals surface area contributed by atoms with E-state index < -0.39 is 11.7 Å². The van der Waals surface area contributed by atoms with E-state index in [9.17, 15) is 9.59 Å². The molecule has 0 aliphatic heterocycles. The number of nitrogens with one attached hydrogen (secondary N) is 1. The minimum atomic E-state index is -0.562. The summed E-state index contributed by atoms with van der Waals surface area (Å²) in [5.41, 5.74) is 0.718. The van der Waals surface area contributed by atoms with Crippen LogP contribution in [-0.2, 0) is 11.2 Å². The van der Waals surface area contributed by atoms with Crippen molar-refractivity contribution >= 4 is 28.3 Å². The van der Waals surface area contributed by atoms with Crippen molar-refractivity contribution in [3.8, 4) is 0 Å². The van der Waals surface area contributed by atoms with Gasteiger partial charge < -0.3 is 4.74 Å². The van der Waals surface area contributed by atoms with Gasteiger partial charge in [0.05, 0.1) is 12.1 Å². The highest BCUT2D eigenvalue weighted by atomic mass is 32.1. The molecule has 5 nitrogen and oxygen atoms in total. The summed E-state index contributed by atoms with van der Waals surface area (Å²) in [7, 11) is 0. The van der Waals surface area contributed by atoms with Gasteiger partial charge in [0.15, 0.2) is 10.9 Å². The number of anilines is 1. The lowest BCUT2D eigenvalue weighted by molar-refractivity contribution is 0.0636. The molecule has 0 unspecified atom stereocenters. The van der Waals surface area contributed by atoms with Crippen LogP contribution >= 0.6 is 11.3 Å². The molecule has 0 aliphatic rings. The molecular weight excluding hydrogens is 300 g/mol. The first-order valence-electron chi connectivity index (χ1n) is 6.86. The molecule has 116 valence electrons. The van der Waals surface area contributed by atoms with Gasteiger partial charge in [-0.1, -0.05) is 30.3 Å². The number of thiazole rings is 1. The van der Waals surface area contributed by atoms with Crippen molar-refractivity contribution in [1.82, 2.24) is 4.98 Å².